The predicted octanol–water partition coefficient (Wildman–Crippen LogP) is 3.60. The van der Waals surface area contributed by atoms with Gasteiger partial charge in [-0.15, -0.1) is 0 Å². The van der Waals surface area contributed by atoms with Gasteiger partial charge in [0.15, 0.2) is 0 Å². The summed E-state index contributed by atoms with van der Waals surface area (Å²) >= 11 is 5.76. The lowest BCUT2D eigenvalue weighted by atomic mass is 10.1. The number of nitrogens with one attached hydrogen (secondary N) is 1. The van der Waals surface area contributed by atoms with E-state index >= 15 is 0 Å². The second-order valence-electron chi connectivity index (χ2n) is 4.24. The number of anilines is 1. The van der Waals surface area contributed by atoms with Gasteiger partial charge in [-0.25, -0.2) is 4.79 Å². The zero-order valence-corrected chi connectivity index (χ0v) is 11.4. The van der Waals surface area contributed by atoms with Crippen LogP contribution in [0.25, 0.3) is 0 Å². The standard InChI is InChI=1S/C15H12ClNO3/c1-9-12(15(19)20)3-2-4-13(9)17-14(18)10-5-7-11(16)8-6-10/h2-8H,1H3,(H,17,18)(H,19,20). The Morgan fingerprint density at radius 2 is 1.75 bits per heavy atom. The summed E-state index contributed by atoms with van der Waals surface area (Å²) in [6.45, 7) is 1.65. The first-order valence-electron chi connectivity index (χ1n) is 5.89. The molecule has 102 valence electrons. The van der Waals surface area contributed by atoms with Crippen molar-refractivity contribution in [2.45, 2.75) is 6.92 Å². The van der Waals surface area contributed by atoms with E-state index in [1.807, 2.05) is 0 Å². The highest BCUT2D eigenvalue weighted by Gasteiger charge is 2.12. The summed E-state index contributed by atoms with van der Waals surface area (Å²) in [6, 6.07) is 11.2. The number of hydrogen-bond acceptors (Lipinski definition) is 2. The van der Waals surface area contributed by atoms with Gasteiger partial charge in [0.25, 0.3) is 5.91 Å². The van der Waals surface area contributed by atoms with Gasteiger partial charge in [-0.05, 0) is 48.9 Å². The van der Waals surface area contributed by atoms with Crippen LogP contribution in [0.3, 0.4) is 0 Å². The van der Waals surface area contributed by atoms with Crippen LogP contribution < -0.4 is 5.32 Å². The van der Waals surface area contributed by atoms with E-state index in [2.05, 4.69) is 5.32 Å². The number of carboxylic acids is 1. The molecule has 0 aliphatic heterocycles. The maximum absolute atomic E-state index is 12.1. The molecular weight excluding hydrogens is 278 g/mol. The highest BCUT2D eigenvalue weighted by molar-refractivity contribution is 6.30. The highest BCUT2D eigenvalue weighted by atomic mass is 35.5. The molecule has 0 bridgehead atoms. The van der Waals surface area contributed by atoms with Crippen molar-refractivity contribution in [2.24, 2.45) is 0 Å². The van der Waals surface area contributed by atoms with E-state index in [1.54, 1.807) is 43.3 Å². The molecule has 2 aromatic carbocycles. The Morgan fingerprint density at radius 1 is 1.10 bits per heavy atom. The summed E-state index contributed by atoms with van der Waals surface area (Å²) in [7, 11) is 0. The van der Waals surface area contributed by atoms with Gasteiger partial charge in [0.2, 0.25) is 0 Å². The molecule has 0 atom stereocenters. The first-order chi connectivity index (χ1) is 9.49. The van der Waals surface area contributed by atoms with Crippen LogP contribution >= 0.6 is 11.6 Å². The van der Waals surface area contributed by atoms with Crippen LogP contribution in [-0.4, -0.2) is 17.0 Å². The number of rotatable bonds is 3. The summed E-state index contributed by atoms with van der Waals surface area (Å²) < 4.78 is 0. The Morgan fingerprint density at radius 3 is 2.35 bits per heavy atom. The molecule has 0 radical (unpaired) electrons. The minimum Gasteiger partial charge on any atom is -0.478 e. The Labute approximate surface area is 121 Å². The topological polar surface area (TPSA) is 66.4 Å². The number of halogens is 1. The van der Waals surface area contributed by atoms with Crippen molar-refractivity contribution < 1.29 is 14.7 Å². The van der Waals surface area contributed by atoms with Gasteiger partial charge in [0.1, 0.15) is 0 Å². The van der Waals surface area contributed by atoms with Crippen molar-refractivity contribution in [3.05, 3.63) is 64.2 Å². The number of amides is 1. The van der Waals surface area contributed by atoms with E-state index in [1.165, 1.54) is 6.07 Å². The number of carbonyl (C=O) groups is 2. The number of aromatic carboxylic acids is 1. The van der Waals surface area contributed by atoms with Gasteiger partial charge in [-0.2, -0.15) is 0 Å². The average Bonchev–Trinajstić information content (AvgIpc) is 2.41. The predicted molar refractivity (Wildman–Crippen MR) is 77.5 cm³/mol. The second kappa shape index (κ2) is 5.75. The first-order valence-corrected chi connectivity index (χ1v) is 6.26. The van der Waals surface area contributed by atoms with Gasteiger partial charge < -0.3 is 10.4 Å². The molecule has 0 saturated carbocycles. The minimum atomic E-state index is -1.02. The average molecular weight is 290 g/mol. The molecule has 0 heterocycles. The molecule has 1 amide bonds. The molecule has 5 heteroatoms. The maximum Gasteiger partial charge on any atom is 0.336 e. The largest absolute Gasteiger partial charge is 0.478 e. The van der Waals surface area contributed by atoms with Crippen molar-refractivity contribution in [3.8, 4) is 0 Å². The fourth-order valence-electron chi connectivity index (χ4n) is 1.80. The van der Waals surface area contributed by atoms with Crippen molar-refractivity contribution in [1.29, 1.82) is 0 Å². The molecule has 0 unspecified atom stereocenters. The van der Waals surface area contributed by atoms with Crippen LogP contribution in [0.4, 0.5) is 5.69 Å². The van der Waals surface area contributed by atoms with Crippen LogP contribution in [-0.2, 0) is 0 Å². The number of carbonyl (C=O) groups excluding carboxylic acids is 1. The van der Waals surface area contributed by atoms with Crippen molar-refractivity contribution in [3.63, 3.8) is 0 Å². The second-order valence-corrected chi connectivity index (χ2v) is 4.68. The van der Waals surface area contributed by atoms with E-state index < -0.39 is 5.97 Å². The molecule has 0 saturated heterocycles. The number of benzene rings is 2. The quantitative estimate of drug-likeness (QED) is 0.907. The first kappa shape index (κ1) is 14.1. The van der Waals surface area contributed by atoms with Gasteiger partial charge in [0, 0.05) is 16.3 Å². The number of carboxylic acid groups (broad SMARTS) is 1. The van der Waals surface area contributed by atoms with Gasteiger partial charge in [-0.3, -0.25) is 4.79 Å². The molecule has 2 aromatic rings. The molecule has 2 N–H and O–H groups in total. The molecule has 20 heavy (non-hydrogen) atoms. The van der Waals surface area contributed by atoms with Crippen LogP contribution in [0.1, 0.15) is 26.3 Å². The smallest absolute Gasteiger partial charge is 0.336 e. The lowest BCUT2D eigenvalue weighted by Gasteiger charge is -2.10. The summed E-state index contributed by atoms with van der Waals surface area (Å²) in [6.07, 6.45) is 0. The van der Waals surface area contributed by atoms with E-state index in [4.69, 9.17) is 16.7 Å². The van der Waals surface area contributed by atoms with Crippen LogP contribution in [0.15, 0.2) is 42.5 Å². The monoisotopic (exact) mass is 289 g/mol. The fraction of sp³-hybridized carbons (Fsp3) is 0.0667. The van der Waals surface area contributed by atoms with Crippen LogP contribution in [0.2, 0.25) is 5.02 Å². The third kappa shape index (κ3) is 2.97. The highest BCUT2D eigenvalue weighted by Crippen LogP contribution is 2.20. The zero-order chi connectivity index (χ0) is 14.7. The SMILES string of the molecule is Cc1c(NC(=O)c2ccc(Cl)cc2)cccc1C(=O)O. The maximum atomic E-state index is 12.1. The summed E-state index contributed by atoms with van der Waals surface area (Å²) in [5, 5.41) is 12.3. The Hall–Kier alpha value is -2.33. The molecule has 0 aliphatic rings. The van der Waals surface area contributed by atoms with Crippen molar-refractivity contribution in [2.75, 3.05) is 5.32 Å². The van der Waals surface area contributed by atoms with E-state index in [9.17, 15) is 9.59 Å². The number of hydrogen-bond donors (Lipinski definition) is 2. The lowest BCUT2D eigenvalue weighted by molar-refractivity contribution is 0.0695. The van der Waals surface area contributed by atoms with Crippen LogP contribution in [0.5, 0.6) is 0 Å². The van der Waals surface area contributed by atoms with Crippen molar-refractivity contribution in [1.82, 2.24) is 0 Å². The van der Waals surface area contributed by atoms with E-state index in [0.29, 0.717) is 21.8 Å². The van der Waals surface area contributed by atoms with E-state index in [0.717, 1.165) is 0 Å². The third-order valence-electron chi connectivity index (χ3n) is 2.92. The molecule has 2 rings (SSSR count). The Bertz CT molecular complexity index is 665. The minimum absolute atomic E-state index is 0.166. The normalized spacial score (nSPS) is 10.1. The summed E-state index contributed by atoms with van der Waals surface area (Å²) in [5.74, 6) is -1.34. The molecule has 4 nitrogen and oxygen atoms in total. The van der Waals surface area contributed by atoms with E-state index in [-0.39, 0.29) is 11.5 Å². The zero-order valence-electron chi connectivity index (χ0n) is 10.7. The van der Waals surface area contributed by atoms with Crippen molar-refractivity contribution >= 4 is 29.2 Å². The van der Waals surface area contributed by atoms with Gasteiger partial charge >= 0.3 is 5.97 Å². The Balaban J connectivity index is 2.26. The molecular formula is C15H12ClNO3. The van der Waals surface area contributed by atoms with Crippen LogP contribution in [0, 0.1) is 6.92 Å². The summed E-state index contributed by atoms with van der Waals surface area (Å²) in [5.41, 5.74) is 1.61. The molecule has 0 fully saturated rings. The Kier molecular flexibility index (Phi) is 4.05. The molecule has 0 aromatic heterocycles. The van der Waals surface area contributed by atoms with Gasteiger partial charge in [-0.1, -0.05) is 17.7 Å². The summed E-state index contributed by atoms with van der Waals surface area (Å²) in [4.78, 5) is 23.1. The molecule has 0 spiro atoms. The lowest BCUT2D eigenvalue weighted by Crippen LogP contribution is -2.13. The fourth-order valence-corrected chi connectivity index (χ4v) is 1.92. The third-order valence-corrected chi connectivity index (χ3v) is 3.17. The van der Waals surface area contributed by atoms with Gasteiger partial charge in [0.05, 0.1) is 5.56 Å². The molecule has 0 aliphatic carbocycles.